The van der Waals surface area contributed by atoms with Gasteiger partial charge >= 0.3 is 0 Å². The molecule has 1 unspecified atom stereocenters. The third kappa shape index (κ3) is 2.23. The fourth-order valence-electron chi connectivity index (χ4n) is 2.63. The van der Waals surface area contributed by atoms with Crippen LogP contribution in [0.4, 0.5) is 5.69 Å². The first kappa shape index (κ1) is 12.0. The second-order valence-electron chi connectivity index (χ2n) is 4.81. The predicted molar refractivity (Wildman–Crippen MR) is 72.0 cm³/mol. The number of hydrogen-bond acceptors (Lipinski definition) is 3. The lowest BCUT2D eigenvalue weighted by molar-refractivity contribution is -0.122. The molecule has 1 N–H and O–H groups in total. The molecule has 1 aromatic rings. The minimum atomic E-state index is 0.176. The molecule has 0 aliphatic carbocycles. The van der Waals surface area contributed by atoms with Gasteiger partial charge in [-0.1, -0.05) is 11.6 Å². The molecular weight excluding hydrogens is 250 g/mol. The Morgan fingerprint density at radius 2 is 2.06 bits per heavy atom. The summed E-state index contributed by atoms with van der Waals surface area (Å²) in [5.41, 5.74) is 0.939. The van der Waals surface area contributed by atoms with Gasteiger partial charge in [-0.25, -0.2) is 0 Å². The zero-order valence-electron chi connectivity index (χ0n) is 10.1. The van der Waals surface area contributed by atoms with E-state index in [-0.39, 0.29) is 5.91 Å². The molecule has 0 saturated carbocycles. The van der Waals surface area contributed by atoms with Crippen LogP contribution in [-0.4, -0.2) is 49.6 Å². The van der Waals surface area contributed by atoms with Gasteiger partial charge < -0.3 is 10.2 Å². The number of carbonyl (C=O) groups is 1. The number of benzene rings is 1. The van der Waals surface area contributed by atoms with Crippen LogP contribution >= 0.6 is 11.6 Å². The van der Waals surface area contributed by atoms with Gasteiger partial charge in [-0.05, 0) is 24.3 Å². The van der Waals surface area contributed by atoms with Crippen LogP contribution in [0.15, 0.2) is 24.3 Å². The Labute approximate surface area is 112 Å². The maximum Gasteiger partial charge on any atom is 0.241 e. The van der Waals surface area contributed by atoms with E-state index < -0.39 is 0 Å². The van der Waals surface area contributed by atoms with Crippen molar-refractivity contribution >= 4 is 23.2 Å². The van der Waals surface area contributed by atoms with Crippen molar-refractivity contribution in [1.82, 2.24) is 10.2 Å². The van der Waals surface area contributed by atoms with Crippen LogP contribution in [0.5, 0.6) is 0 Å². The molecule has 3 rings (SSSR count). The number of amides is 1. The third-order valence-corrected chi connectivity index (χ3v) is 3.90. The van der Waals surface area contributed by atoms with Crippen molar-refractivity contribution < 1.29 is 4.79 Å². The monoisotopic (exact) mass is 265 g/mol. The largest absolute Gasteiger partial charge is 0.314 e. The number of anilines is 1. The molecule has 2 heterocycles. The van der Waals surface area contributed by atoms with Crippen molar-refractivity contribution in [3.05, 3.63) is 29.3 Å². The Kier molecular flexibility index (Phi) is 3.24. The van der Waals surface area contributed by atoms with E-state index in [2.05, 4.69) is 10.2 Å². The number of nitrogens with one attached hydrogen (secondary N) is 1. The Balaban J connectivity index is 1.80. The van der Waals surface area contributed by atoms with Gasteiger partial charge in [0.1, 0.15) is 0 Å². The molecule has 18 heavy (non-hydrogen) atoms. The lowest BCUT2D eigenvalue weighted by atomic mass is 10.1. The first-order valence-corrected chi connectivity index (χ1v) is 6.62. The molecule has 1 atom stereocenters. The lowest BCUT2D eigenvalue weighted by Gasteiger charge is -2.43. The zero-order valence-corrected chi connectivity index (χ0v) is 10.9. The molecule has 96 valence electrons. The number of carbonyl (C=O) groups excluding carboxylic acids is 1. The SMILES string of the molecule is O=C1CN2CCNCC2CN1c1ccc(Cl)cc1. The van der Waals surface area contributed by atoms with Gasteiger partial charge in [0.15, 0.2) is 0 Å². The second-order valence-corrected chi connectivity index (χ2v) is 5.25. The average molecular weight is 266 g/mol. The fourth-order valence-corrected chi connectivity index (χ4v) is 2.76. The van der Waals surface area contributed by atoms with Crippen molar-refractivity contribution in [2.45, 2.75) is 6.04 Å². The highest BCUT2D eigenvalue weighted by atomic mass is 35.5. The molecular formula is C13H16ClN3O. The van der Waals surface area contributed by atoms with Gasteiger partial charge in [0, 0.05) is 42.9 Å². The van der Waals surface area contributed by atoms with Crippen LogP contribution in [0.3, 0.4) is 0 Å². The number of hydrogen-bond donors (Lipinski definition) is 1. The van der Waals surface area contributed by atoms with E-state index in [1.165, 1.54) is 0 Å². The third-order valence-electron chi connectivity index (χ3n) is 3.64. The van der Waals surface area contributed by atoms with Crippen LogP contribution in [0.25, 0.3) is 0 Å². The van der Waals surface area contributed by atoms with E-state index in [1.54, 1.807) is 0 Å². The highest BCUT2D eigenvalue weighted by Gasteiger charge is 2.33. The van der Waals surface area contributed by atoms with Crippen LogP contribution < -0.4 is 10.2 Å². The van der Waals surface area contributed by atoms with Gasteiger partial charge in [-0.3, -0.25) is 9.69 Å². The van der Waals surface area contributed by atoms with Crippen LogP contribution in [0.2, 0.25) is 5.02 Å². The van der Waals surface area contributed by atoms with Crippen LogP contribution in [0.1, 0.15) is 0 Å². The van der Waals surface area contributed by atoms with Gasteiger partial charge in [0.25, 0.3) is 0 Å². The second kappa shape index (κ2) is 4.88. The van der Waals surface area contributed by atoms with E-state index in [9.17, 15) is 4.79 Å². The quantitative estimate of drug-likeness (QED) is 0.822. The lowest BCUT2D eigenvalue weighted by Crippen LogP contribution is -2.63. The first-order valence-electron chi connectivity index (χ1n) is 6.25. The summed E-state index contributed by atoms with van der Waals surface area (Å²) in [6.45, 7) is 4.18. The van der Waals surface area contributed by atoms with E-state index in [4.69, 9.17) is 11.6 Å². The topological polar surface area (TPSA) is 35.6 Å². The summed E-state index contributed by atoms with van der Waals surface area (Å²) in [7, 11) is 0. The maximum absolute atomic E-state index is 12.2. The zero-order chi connectivity index (χ0) is 12.5. The summed E-state index contributed by atoms with van der Waals surface area (Å²) in [6, 6.07) is 7.90. The van der Waals surface area contributed by atoms with Gasteiger partial charge in [-0.2, -0.15) is 0 Å². The number of rotatable bonds is 1. The van der Waals surface area contributed by atoms with Crippen molar-refractivity contribution in [3.8, 4) is 0 Å². The van der Waals surface area contributed by atoms with Crippen molar-refractivity contribution in [2.24, 2.45) is 0 Å². The Morgan fingerprint density at radius 1 is 1.28 bits per heavy atom. The number of fused-ring (bicyclic) bond motifs is 1. The minimum absolute atomic E-state index is 0.176. The number of piperazine rings is 2. The van der Waals surface area contributed by atoms with Crippen LogP contribution in [0, 0.1) is 0 Å². The van der Waals surface area contributed by atoms with Gasteiger partial charge in [0.2, 0.25) is 5.91 Å². The fraction of sp³-hybridized carbons (Fsp3) is 0.462. The molecule has 5 heteroatoms. The van der Waals surface area contributed by atoms with E-state index in [1.807, 2.05) is 29.2 Å². The summed E-state index contributed by atoms with van der Waals surface area (Å²) in [5.74, 6) is 0.176. The van der Waals surface area contributed by atoms with E-state index in [0.29, 0.717) is 17.6 Å². The molecule has 0 aromatic heterocycles. The summed E-state index contributed by atoms with van der Waals surface area (Å²) < 4.78 is 0. The minimum Gasteiger partial charge on any atom is -0.314 e. The number of halogens is 1. The molecule has 1 aromatic carbocycles. The molecule has 0 spiro atoms. The smallest absolute Gasteiger partial charge is 0.241 e. The Bertz CT molecular complexity index is 448. The summed E-state index contributed by atoms with van der Waals surface area (Å²) in [4.78, 5) is 16.3. The van der Waals surface area contributed by atoms with Gasteiger partial charge in [-0.15, -0.1) is 0 Å². The molecule has 0 radical (unpaired) electrons. The molecule has 2 aliphatic rings. The van der Waals surface area contributed by atoms with Crippen molar-refractivity contribution in [1.29, 1.82) is 0 Å². The summed E-state index contributed by atoms with van der Waals surface area (Å²) in [5, 5.41) is 4.08. The summed E-state index contributed by atoms with van der Waals surface area (Å²) >= 11 is 5.88. The Hall–Kier alpha value is -1.10. The molecule has 1 amide bonds. The average Bonchev–Trinajstić information content (AvgIpc) is 2.39. The highest BCUT2D eigenvalue weighted by Crippen LogP contribution is 2.22. The standard InChI is InChI=1S/C13H16ClN3O/c14-10-1-3-11(4-2-10)17-8-12-7-15-5-6-16(12)9-13(17)18/h1-4,12,15H,5-9H2. The highest BCUT2D eigenvalue weighted by molar-refractivity contribution is 6.30. The van der Waals surface area contributed by atoms with Crippen molar-refractivity contribution in [2.75, 3.05) is 37.6 Å². The molecule has 0 bridgehead atoms. The molecule has 2 saturated heterocycles. The Morgan fingerprint density at radius 3 is 2.83 bits per heavy atom. The normalized spacial score (nSPS) is 25.1. The maximum atomic E-state index is 12.2. The van der Waals surface area contributed by atoms with Gasteiger partial charge in [0.05, 0.1) is 6.54 Å². The van der Waals surface area contributed by atoms with Crippen LogP contribution in [-0.2, 0) is 4.79 Å². The van der Waals surface area contributed by atoms with E-state index >= 15 is 0 Å². The molecule has 2 aliphatic heterocycles. The molecule has 2 fully saturated rings. The van der Waals surface area contributed by atoms with Crippen molar-refractivity contribution in [3.63, 3.8) is 0 Å². The number of nitrogens with zero attached hydrogens (tertiary/aromatic N) is 2. The predicted octanol–water partition coefficient (Wildman–Crippen LogP) is 0.960. The first-order chi connectivity index (χ1) is 8.74. The van der Waals surface area contributed by atoms with E-state index in [0.717, 1.165) is 31.9 Å². The molecule has 4 nitrogen and oxygen atoms in total. The summed E-state index contributed by atoms with van der Waals surface area (Å²) in [6.07, 6.45) is 0.